The van der Waals surface area contributed by atoms with Crippen LogP contribution in [0, 0.1) is 12.8 Å². The Bertz CT molecular complexity index is 990. The van der Waals surface area contributed by atoms with E-state index in [1.54, 1.807) is 23.1 Å². The van der Waals surface area contributed by atoms with Crippen LogP contribution in [-0.2, 0) is 9.53 Å². The van der Waals surface area contributed by atoms with Crippen molar-refractivity contribution in [3.63, 3.8) is 0 Å². The van der Waals surface area contributed by atoms with E-state index in [2.05, 4.69) is 10.6 Å². The molecule has 0 aliphatic carbocycles. The van der Waals surface area contributed by atoms with Crippen LogP contribution in [0.15, 0.2) is 48.5 Å². The second-order valence-corrected chi connectivity index (χ2v) is 9.51. The van der Waals surface area contributed by atoms with Crippen LogP contribution in [0.1, 0.15) is 56.0 Å². The minimum absolute atomic E-state index is 0.0691. The minimum Gasteiger partial charge on any atom is -0.444 e. The lowest BCUT2D eigenvalue weighted by Gasteiger charge is -2.33. The number of benzene rings is 2. The summed E-state index contributed by atoms with van der Waals surface area (Å²) in [4.78, 5) is 39.0. The number of rotatable bonds is 5. The first-order chi connectivity index (χ1) is 15.6. The Morgan fingerprint density at radius 2 is 1.67 bits per heavy atom. The molecular weight excluding hydrogens is 418 g/mol. The summed E-state index contributed by atoms with van der Waals surface area (Å²) in [7, 11) is 0. The standard InChI is InChI=1S/C26H33N3O4/c1-18-10-11-21(27-24(31)20-8-6-5-7-9-20)17-22(18)28-23(30)16-19-12-14-29(15-13-19)25(32)33-26(2,3)4/h5-11,17,19H,12-16H2,1-4H3,(H,27,31)(H,28,30). The van der Waals surface area contributed by atoms with E-state index in [9.17, 15) is 14.4 Å². The first-order valence-corrected chi connectivity index (χ1v) is 11.4. The van der Waals surface area contributed by atoms with E-state index in [-0.39, 0.29) is 23.8 Å². The van der Waals surface area contributed by atoms with Gasteiger partial charge in [-0.25, -0.2) is 4.79 Å². The van der Waals surface area contributed by atoms with Gasteiger partial charge in [0.15, 0.2) is 0 Å². The number of carbonyl (C=O) groups excluding carboxylic acids is 3. The van der Waals surface area contributed by atoms with Crippen LogP contribution in [0.2, 0.25) is 0 Å². The SMILES string of the molecule is Cc1ccc(NC(=O)c2ccccc2)cc1NC(=O)CC1CCN(C(=O)OC(C)(C)C)CC1. The molecule has 7 heteroatoms. The molecule has 0 aromatic heterocycles. The van der Waals surface area contributed by atoms with Gasteiger partial charge in [0.1, 0.15) is 5.60 Å². The van der Waals surface area contributed by atoms with Crippen molar-refractivity contribution in [1.29, 1.82) is 0 Å². The van der Waals surface area contributed by atoms with Crippen molar-refractivity contribution in [2.24, 2.45) is 5.92 Å². The van der Waals surface area contributed by atoms with Crippen LogP contribution in [0.25, 0.3) is 0 Å². The number of likely N-dealkylation sites (tertiary alicyclic amines) is 1. The molecule has 1 aliphatic rings. The molecule has 7 nitrogen and oxygen atoms in total. The van der Waals surface area contributed by atoms with Crippen LogP contribution in [-0.4, -0.2) is 41.5 Å². The highest BCUT2D eigenvalue weighted by Crippen LogP contribution is 2.25. The summed E-state index contributed by atoms with van der Waals surface area (Å²) in [5, 5.41) is 5.85. The third kappa shape index (κ3) is 7.34. The minimum atomic E-state index is -0.513. The molecule has 0 atom stereocenters. The quantitative estimate of drug-likeness (QED) is 0.652. The van der Waals surface area contributed by atoms with E-state index >= 15 is 0 Å². The topological polar surface area (TPSA) is 87.7 Å². The summed E-state index contributed by atoms with van der Waals surface area (Å²) in [5.41, 5.74) is 2.27. The van der Waals surface area contributed by atoms with Crippen molar-refractivity contribution in [2.75, 3.05) is 23.7 Å². The number of piperidine rings is 1. The van der Waals surface area contributed by atoms with Crippen LogP contribution in [0.3, 0.4) is 0 Å². The highest BCUT2D eigenvalue weighted by molar-refractivity contribution is 6.04. The van der Waals surface area contributed by atoms with E-state index in [4.69, 9.17) is 4.74 Å². The zero-order valence-corrected chi connectivity index (χ0v) is 19.8. The smallest absolute Gasteiger partial charge is 0.410 e. The molecule has 1 aliphatic heterocycles. The van der Waals surface area contributed by atoms with E-state index in [1.807, 2.05) is 58.0 Å². The molecule has 0 spiro atoms. The van der Waals surface area contributed by atoms with Crippen molar-refractivity contribution >= 4 is 29.3 Å². The first kappa shape index (κ1) is 24.3. The molecular formula is C26H33N3O4. The highest BCUT2D eigenvalue weighted by Gasteiger charge is 2.27. The monoisotopic (exact) mass is 451 g/mol. The average molecular weight is 452 g/mol. The average Bonchev–Trinajstić information content (AvgIpc) is 2.76. The van der Waals surface area contributed by atoms with Gasteiger partial charge in [0, 0.05) is 36.4 Å². The van der Waals surface area contributed by atoms with Gasteiger partial charge in [0.25, 0.3) is 5.91 Å². The molecule has 0 saturated carbocycles. The first-order valence-electron chi connectivity index (χ1n) is 11.4. The lowest BCUT2D eigenvalue weighted by atomic mass is 9.93. The molecule has 2 aromatic rings. The van der Waals surface area contributed by atoms with Crippen molar-refractivity contribution in [3.05, 3.63) is 59.7 Å². The second kappa shape index (κ2) is 10.5. The third-order valence-corrected chi connectivity index (χ3v) is 5.55. The molecule has 2 N–H and O–H groups in total. The Morgan fingerprint density at radius 1 is 1.00 bits per heavy atom. The molecule has 1 saturated heterocycles. The molecule has 0 unspecified atom stereocenters. The number of hydrogen-bond donors (Lipinski definition) is 2. The van der Waals surface area contributed by atoms with Crippen molar-refractivity contribution in [3.8, 4) is 0 Å². The molecule has 0 radical (unpaired) electrons. The number of amides is 3. The lowest BCUT2D eigenvalue weighted by Crippen LogP contribution is -2.42. The normalized spacial score (nSPS) is 14.5. The number of carbonyl (C=O) groups is 3. The van der Waals surface area contributed by atoms with Crippen LogP contribution >= 0.6 is 0 Å². The lowest BCUT2D eigenvalue weighted by molar-refractivity contribution is -0.117. The number of hydrogen-bond acceptors (Lipinski definition) is 4. The fourth-order valence-electron chi connectivity index (χ4n) is 3.74. The molecule has 176 valence electrons. The maximum Gasteiger partial charge on any atom is 0.410 e. The zero-order chi connectivity index (χ0) is 24.0. The second-order valence-electron chi connectivity index (χ2n) is 9.51. The fraction of sp³-hybridized carbons (Fsp3) is 0.423. The number of nitrogens with one attached hydrogen (secondary N) is 2. The van der Waals surface area contributed by atoms with Crippen LogP contribution < -0.4 is 10.6 Å². The number of ether oxygens (including phenoxy) is 1. The number of aryl methyl sites for hydroxylation is 1. The summed E-state index contributed by atoms with van der Waals surface area (Å²) in [5.74, 6) is -0.0567. The Labute approximate surface area is 195 Å². The van der Waals surface area contributed by atoms with Crippen molar-refractivity contribution in [1.82, 2.24) is 4.90 Å². The van der Waals surface area contributed by atoms with Gasteiger partial charge in [-0.1, -0.05) is 24.3 Å². The summed E-state index contributed by atoms with van der Waals surface area (Å²) in [6.07, 6.45) is 1.62. The Morgan fingerprint density at radius 3 is 2.30 bits per heavy atom. The van der Waals surface area contributed by atoms with Crippen LogP contribution in [0.4, 0.5) is 16.2 Å². The Kier molecular flexibility index (Phi) is 7.74. The van der Waals surface area contributed by atoms with Crippen molar-refractivity contribution in [2.45, 2.75) is 52.6 Å². The zero-order valence-electron chi connectivity index (χ0n) is 19.8. The Hall–Kier alpha value is -3.35. The summed E-state index contributed by atoms with van der Waals surface area (Å²) < 4.78 is 5.43. The van der Waals surface area contributed by atoms with Gasteiger partial charge in [-0.05, 0) is 76.3 Å². The summed E-state index contributed by atoms with van der Waals surface area (Å²) in [6.45, 7) is 8.65. The van der Waals surface area contributed by atoms with Gasteiger partial charge in [0.05, 0.1) is 0 Å². The van der Waals surface area contributed by atoms with E-state index < -0.39 is 5.60 Å². The van der Waals surface area contributed by atoms with Gasteiger partial charge in [0.2, 0.25) is 5.91 Å². The molecule has 3 rings (SSSR count). The molecule has 33 heavy (non-hydrogen) atoms. The van der Waals surface area contributed by atoms with E-state index in [0.717, 1.165) is 18.4 Å². The van der Waals surface area contributed by atoms with Gasteiger partial charge < -0.3 is 20.3 Å². The maximum atomic E-state index is 12.7. The van der Waals surface area contributed by atoms with E-state index in [1.165, 1.54) is 0 Å². The van der Waals surface area contributed by atoms with Gasteiger partial charge >= 0.3 is 6.09 Å². The Balaban J connectivity index is 1.52. The third-order valence-electron chi connectivity index (χ3n) is 5.55. The number of anilines is 2. The summed E-state index contributed by atoms with van der Waals surface area (Å²) in [6, 6.07) is 14.5. The molecule has 1 heterocycles. The molecule has 3 amide bonds. The molecule has 1 fully saturated rings. The predicted molar refractivity (Wildman–Crippen MR) is 129 cm³/mol. The van der Waals surface area contributed by atoms with Crippen molar-refractivity contribution < 1.29 is 19.1 Å². The predicted octanol–water partition coefficient (Wildman–Crippen LogP) is 5.22. The summed E-state index contributed by atoms with van der Waals surface area (Å²) >= 11 is 0. The van der Waals surface area contributed by atoms with Gasteiger partial charge in [-0.15, -0.1) is 0 Å². The maximum absolute atomic E-state index is 12.7. The van der Waals surface area contributed by atoms with Gasteiger partial charge in [-0.3, -0.25) is 9.59 Å². The molecule has 0 bridgehead atoms. The van der Waals surface area contributed by atoms with Gasteiger partial charge in [-0.2, -0.15) is 0 Å². The molecule has 2 aromatic carbocycles. The largest absolute Gasteiger partial charge is 0.444 e. The fourth-order valence-corrected chi connectivity index (χ4v) is 3.74. The van der Waals surface area contributed by atoms with E-state index in [0.29, 0.717) is 36.4 Å². The highest BCUT2D eigenvalue weighted by atomic mass is 16.6. The number of nitrogens with zero attached hydrogens (tertiary/aromatic N) is 1. The van der Waals surface area contributed by atoms with Crippen LogP contribution in [0.5, 0.6) is 0 Å².